The van der Waals surface area contributed by atoms with E-state index < -0.39 is 0 Å². The van der Waals surface area contributed by atoms with Gasteiger partial charge in [-0.25, -0.2) is 0 Å². The summed E-state index contributed by atoms with van der Waals surface area (Å²) in [6, 6.07) is 12.8. The summed E-state index contributed by atoms with van der Waals surface area (Å²) >= 11 is 0. The van der Waals surface area contributed by atoms with Crippen molar-refractivity contribution in [3.8, 4) is 0 Å². The Hall–Kier alpha value is -1.60. The van der Waals surface area contributed by atoms with E-state index in [4.69, 9.17) is 4.74 Å². The minimum atomic E-state index is 0.655. The van der Waals surface area contributed by atoms with Crippen molar-refractivity contribution in [2.24, 2.45) is 0 Å². The molecule has 2 aromatic carbocycles. The molecular weight excluding hydrogens is 196 g/mol. The summed E-state index contributed by atoms with van der Waals surface area (Å²) in [4.78, 5) is 0. The zero-order valence-electron chi connectivity index (χ0n) is 9.73. The van der Waals surface area contributed by atoms with Crippen molar-refractivity contribution in [2.45, 2.75) is 6.92 Å². The molecule has 0 N–H and O–H groups in total. The maximum atomic E-state index is 5.03. The predicted molar refractivity (Wildman–Crippen MR) is 69.6 cm³/mol. The fourth-order valence-electron chi connectivity index (χ4n) is 1.89. The number of rotatable bonds is 3. The van der Waals surface area contributed by atoms with Crippen LogP contribution < -0.4 is 0 Å². The van der Waals surface area contributed by atoms with Gasteiger partial charge < -0.3 is 4.74 Å². The van der Waals surface area contributed by atoms with E-state index in [0.29, 0.717) is 6.61 Å². The molecule has 0 atom stereocenters. The van der Waals surface area contributed by atoms with Crippen LogP contribution in [0, 0.1) is 6.92 Å². The Bertz CT molecular complexity index is 512. The molecule has 0 spiro atoms. The van der Waals surface area contributed by atoms with Crippen molar-refractivity contribution in [3.05, 3.63) is 53.6 Å². The van der Waals surface area contributed by atoms with Crippen LogP contribution in [0.5, 0.6) is 0 Å². The van der Waals surface area contributed by atoms with Gasteiger partial charge >= 0.3 is 0 Å². The van der Waals surface area contributed by atoms with Gasteiger partial charge in [-0.05, 0) is 28.8 Å². The van der Waals surface area contributed by atoms with Crippen LogP contribution in [0.4, 0.5) is 0 Å². The van der Waals surface area contributed by atoms with E-state index in [1.807, 2.05) is 0 Å². The van der Waals surface area contributed by atoms with Crippen molar-refractivity contribution >= 4 is 16.8 Å². The first kappa shape index (κ1) is 10.9. The summed E-state index contributed by atoms with van der Waals surface area (Å²) in [7, 11) is 1.71. The molecule has 2 rings (SSSR count). The lowest BCUT2D eigenvalue weighted by Gasteiger charge is -2.06. The van der Waals surface area contributed by atoms with E-state index in [1.54, 1.807) is 7.11 Å². The third-order valence-corrected chi connectivity index (χ3v) is 2.74. The second-order valence-corrected chi connectivity index (χ2v) is 3.87. The van der Waals surface area contributed by atoms with E-state index >= 15 is 0 Å². The van der Waals surface area contributed by atoms with Gasteiger partial charge in [0, 0.05) is 7.11 Å². The van der Waals surface area contributed by atoms with Gasteiger partial charge in [-0.2, -0.15) is 0 Å². The normalized spacial score (nSPS) is 11.4. The van der Waals surface area contributed by atoms with Gasteiger partial charge in [0.25, 0.3) is 0 Å². The van der Waals surface area contributed by atoms with Gasteiger partial charge in [0.15, 0.2) is 0 Å². The Morgan fingerprint density at radius 2 is 1.94 bits per heavy atom. The van der Waals surface area contributed by atoms with Crippen LogP contribution in [0.1, 0.15) is 11.1 Å². The summed E-state index contributed by atoms with van der Waals surface area (Å²) in [6.45, 7) is 2.79. The van der Waals surface area contributed by atoms with Gasteiger partial charge in [0.1, 0.15) is 0 Å². The van der Waals surface area contributed by atoms with Crippen LogP contribution in [0.3, 0.4) is 0 Å². The molecule has 0 radical (unpaired) electrons. The molecule has 0 aliphatic carbocycles. The molecule has 0 heterocycles. The molecule has 0 saturated carbocycles. The van der Waals surface area contributed by atoms with Gasteiger partial charge in [0.05, 0.1) is 6.61 Å². The average Bonchev–Trinajstić information content (AvgIpc) is 2.32. The molecule has 16 heavy (non-hydrogen) atoms. The molecule has 0 unspecified atom stereocenters. The Balaban J connectivity index is 2.52. The van der Waals surface area contributed by atoms with Gasteiger partial charge in [0.2, 0.25) is 0 Å². The monoisotopic (exact) mass is 212 g/mol. The molecule has 0 aromatic heterocycles. The van der Waals surface area contributed by atoms with E-state index in [-0.39, 0.29) is 0 Å². The Labute approximate surface area is 96.4 Å². The van der Waals surface area contributed by atoms with Gasteiger partial charge in [-0.15, -0.1) is 0 Å². The number of benzene rings is 2. The third kappa shape index (κ3) is 2.15. The Morgan fingerprint density at radius 1 is 1.12 bits per heavy atom. The summed E-state index contributed by atoms with van der Waals surface area (Å²) in [5.41, 5.74) is 2.58. The minimum Gasteiger partial charge on any atom is -0.381 e. The maximum absolute atomic E-state index is 5.03. The smallest absolute Gasteiger partial charge is 0.0646 e. The van der Waals surface area contributed by atoms with Gasteiger partial charge in [-0.1, -0.05) is 48.6 Å². The van der Waals surface area contributed by atoms with Crippen molar-refractivity contribution in [1.82, 2.24) is 0 Å². The summed E-state index contributed by atoms with van der Waals surface area (Å²) < 4.78 is 5.03. The van der Waals surface area contributed by atoms with Crippen LogP contribution >= 0.6 is 0 Å². The number of aryl methyl sites for hydroxylation is 1. The lowest BCUT2D eigenvalue weighted by Crippen LogP contribution is -1.85. The highest BCUT2D eigenvalue weighted by molar-refractivity contribution is 5.91. The van der Waals surface area contributed by atoms with Crippen LogP contribution in [0.2, 0.25) is 0 Å². The first-order valence-electron chi connectivity index (χ1n) is 5.47. The molecule has 0 saturated heterocycles. The predicted octanol–water partition coefficient (Wildman–Crippen LogP) is 3.81. The van der Waals surface area contributed by atoms with Crippen molar-refractivity contribution in [1.29, 1.82) is 0 Å². The largest absolute Gasteiger partial charge is 0.381 e. The highest BCUT2D eigenvalue weighted by Gasteiger charge is 2.00. The van der Waals surface area contributed by atoms with Crippen LogP contribution in [0.25, 0.3) is 16.8 Å². The Kier molecular flexibility index (Phi) is 3.37. The van der Waals surface area contributed by atoms with E-state index in [2.05, 4.69) is 55.5 Å². The highest BCUT2D eigenvalue weighted by atomic mass is 16.5. The summed E-state index contributed by atoms with van der Waals surface area (Å²) in [5.74, 6) is 0. The maximum Gasteiger partial charge on any atom is 0.0646 e. The first-order chi connectivity index (χ1) is 7.83. The fourth-order valence-corrected chi connectivity index (χ4v) is 1.89. The number of methoxy groups -OCH3 is 1. The highest BCUT2D eigenvalue weighted by Crippen LogP contribution is 2.23. The molecule has 0 bridgehead atoms. The molecule has 2 aromatic rings. The van der Waals surface area contributed by atoms with Gasteiger partial charge in [-0.3, -0.25) is 0 Å². The number of ether oxygens (including phenoxy) is 1. The SMILES string of the molecule is COC/C=C/c1c(C)ccc2ccccc12. The lowest BCUT2D eigenvalue weighted by molar-refractivity contribution is 0.234. The Morgan fingerprint density at radius 3 is 2.75 bits per heavy atom. The van der Waals surface area contributed by atoms with Crippen LogP contribution in [-0.2, 0) is 4.74 Å². The second kappa shape index (κ2) is 4.95. The molecule has 0 aliphatic rings. The number of hydrogen-bond acceptors (Lipinski definition) is 1. The zero-order valence-corrected chi connectivity index (χ0v) is 9.73. The quantitative estimate of drug-likeness (QED) is 0.751. The second-order valence-electron chi connectivity index (χ2n) is 3.87. The van der Waals surface area contributed by atoms with Crippen LogP contribution in [0.15, 0.2) is 42.5 Å². The molecule has 1 heteroatoms. The van der Waals surface area contributed by atoms with E-state index in [1.165, 1.54) is 21.9 Å². The summed E-state index contributed by atoms with van der Waals surface area (Å²) in [5, 5.41) is 2.58. The number of hydrogen-bond donors (Lipinski definition) is 0. The standard InChI is InChI=1S/C15H16O/c1-12-9-10-13-6-3-4-7-15(13)14(12)8-5-11-16-2/h3-10H,11H2,1-2H3/b8-5+. The summed E-state index contributed by atoms with van der Waals surface area (Å²) in [6.07, 6.45) is 4.19. The van der Waals surface area contributed by atoms with E-state index in [9.17, 15) is 0 Å². The fraction of sp³-hybridized carbons (Fsp3) is 0.200. The molecule has 1 nitrogen and oxygen atoms in total. The van der Waals surface area contributed by atoms with Crippen molar-refractivity contribution in [3.63, 3.8) is 0 Å². The zero-order chi connectivity index (χ0) is 11.4. The molecule has 0 amide bonds. The molecule has 82 valence electrons. The lowest BCUT2D eigenvalue weighted by atomic mass is 9.99. The number of fused-ring (bicyclic) bond motifs is 1. The van der Waals surface area contributed by atoms with Crippen molar-refractivity contribution in [2.75, 3.05) is 13.7 Å². The van der Waals surface area contributed by atoms with Crippen molar-refractivity contribution < 1.29 is 4.74 Å². The first-order valence-corrected chi connectivity index (χ1v) is 5.47. The van der Waals surface area contributed by atoms with Crippen LogP contribution in [-0.4, -0.2) is 13.7 Å². The average molecular weight is 212 g/mol. The van der Waals surface area contributed by atoms with E-state index in [0.717, 1.165) is 0 Å². The molecule has 0 aliphatic heterocycles. The third-order valence-electron chi connectivity index (χ3n) is 2.74. The topological polar surface area (TPSA) is 9.23 Å². The molecular formula is C15H16O. The molecule has 0 fully saturated rings. The minimum absolute atomic E-state index is 0.655.